The van der Waals surface area contributed by atoms with Crippen LogP contribution in [0.1, 0.15) is 5.56 Å². The van der Waals surface area contributed by atoms with E-state index in [2.05, 4.69) is 75.4 Å². The lowest BCUT2D eigenvalue weighted by molar-refractivity contribution is 1.07. The summed E-state index contributed by atoms with van der Waals surface area (Å²) in [7, 11) is 0. The Morgan fingerprint density at radius 1 is 0.395 bits per heavy atom. The zero-order chi connectivity index (χ0) is 29.0. The first-order chi connectivity index (χ1) is 21.2. The number of aromatic nitrogens is 7. The minimum absolute atomic E-state index is 0.568. The van der Waals surface area contributed by atoms with Crippen LogP contribution in [0.25, 0.3) is 67.8 Å². The Kier molecular flexibility index (Phi) is 6.95. The van der Waals surface area contributed by atoms with Crippen molar-refractivity contribution in [3.63, 3.8) is 0 Å². The summed E-state index contributed by atoms with van der Waals surface area (Å²) in [5, 5.41) is 0. The first-order valence-corrected chi connectivity index (χ1v) is 13.9. The number of hydrogen-bond donors (Lipinski definition) is 0. The lowest BCUT2D eigenvalue weighted by atomic mass is 10.0. The molecule has 7 nitrogen and oxygen atoms in total. The molecular weight excluding hydrogens is 530 g/mol. The van der Waals surface area contributed by atoms with Crippen LogP contribution in [0.15, 0.2) is 134 Å². The van der Waals surface area contributed by atoms with Crippen LogP contribution in [0.2, 0.25) is 0 Å². The Hall–Kier alpha value is -5.95. The van der Waals surface area contributed by atoms with Crippen molar-refractivity contribution in [1.82, 2.24) is 34.9 Å². The second kappa shape index (κ2) is 11.5. The highest BCUT2D eigenvalue weighted by Gasteiger charge is 2.14. The molecule has 7 rings (SSSR count). The molecule has 0 aliphatic rings. The van der Waals surface area contributed by atoms with E-state index in [1.165, 1.54) is 5.56 Å². The van der Waals surface area contributed by atoms with Crippen LogP contribution in [-0.2, 0) is 0 Å². The highest BCUT2D eigenvalue weighted by atomic mass is 15.0. The Morgan fingerprint density at radius 2 is 0.814 bits per heavy atom. The average Bonchev–Trinajstić information content (AvgIpc) is 3.09. The van der Waals surface area contributed by atoms with Gasteiger partial charge >= 0.3 is 0 Å². The molecule has 0 bridgehead atoms. The van der Waals surface area contributed by atoms with E-state index in [1.54, 1.807) is 37.2 Å². The van der Waals surface area contributed by atoms with Gasteiger partial charge in [-0.15, -0.1) is 0 Å². The number of nitrogens with zero attached hydrogens (tertiary/aromatic N) is 7. The van der Waals surface area contributed by atoms with E-state index in [-0.39, 0.29) is 0 Å². The number of aryl methyl sites for hydroxylation is 1. The molecule has 0 aliphatic heterocycles. The van der Waals surface area contributed by atoms with Crippen molar-refractivity contribution in [2.45, 2.75) is 6.92 Å². The van der Waals surface area contributed by atoms with Crippen molar-refractivity contribution in [1.29, 1.82) is 0 Å². The second-order valence-electron chi connectivity index (χ2n) is 10.1. The summed E-state index contributed by atoms with van der Waals surface area (Å²) in [4.78, 5) is 32.2. The lowest BCUT2D eigenvalue weighted by Gasteiger charge is -2.11. The highest BCUT2D eigenvalue weighted by molar-refractivity contribution is 5.74. The summed E-state index contributed by atoms with van der Waals surface area (Å²) in [6.07, 6.45) is 10.2. The van der Waals surface area contributed by atoms with Crippen LogP contribution in [0, 0.1) is 6.92 Å². The summed E-state index contributed by atoms with van der Waals surface area (Å²) in [6.45, 7) is 2.09. The van der Waals surface area contributed by atoms with Crippen molar-refractivity contribution < 1.29 is 0 Å². The number of hydrogen-bond acceptors (Lipinski definition) is 7. The summed E-state index contributed by atoms with van der Waals surface area (Å²) < 4.78 is 0. The van der Waals surface area contributed by atoms with Crippen molar-refractivity contribution in [3.05, 3.63) is 140 Å². The Morgan fingerprint density at radius 3 is 1.28 bits per heavy atom. The molecule has 7 heteroatoms. The normalized spacial score (nSPS) is 10.9. The number of benzene rings is 4. The van der Waals surface area contributed by atoms with Gasteiger partial charge in [0.15, 0.2) is 17.5 Å². The van der Waals surface area contributed by atoms with Crippen LogP contribution in [0.5, 0.6) is 0 Å². The maximum atomic E-state index is 4.95. The average molecular weight is 556 g/mol. The molecule has 204 valence electrons. The predicted octanol–water partition coefficient (Wildman–Crippen LogP) is 7.76. The van der Waals surface area contributed by atoms with Crippen LogP contribution >= 0.6 is 0 Å². The predicted molar refractivity (Wildman–Crippen MR) is 168 cm³/mol. The van der Waals surface area contributed by atoms with Gasteiger partial charge in [0.05, 0.1) is 23.8 Å². The Labute approximate surface area is 249 Å². The van der Waals surface area contributed by atoms with Gasteiger partial charge in [0.2, 0.25) is 0 Å². The van der Waals surface area contributed by atoms with Gasteiger partial charge in [0, 0.05) is 52.6 Å². The third-order valence-electron chi connectivity index (χ3n) is 7.12. The van der Waals surface area contributed by atoms with Gasteiger partial charge in [-0.3, -0.25) is 19.9 Å². The van der Waals surface area contributed by atoms with Gasteiger partial charge in [-0.25, -0.2) is 15.0 Å². The fraction of sp³-hybridized carbons (Fsp3) is 0.0278. The maximum Gasteiger partial charge on any atom is 0.164 e. The molecule has 0 saturated heterocycles. The van der Waals surface area contributed by atoms with E-state index in [4.69, 9.17) is 15.0 Å². The second-order valence-corrected chi connectivity index (χ2v) is 10.1. The first kappa shape index (κ1) is 26.0. The number of rotatable bonds is 6. The smallest absolute Gasteiger partial charge is 0.164 e. The van der Waals surface area contributed by atoms with Crippen LogP contribution in [0.3, 0.4) is 0 Å². The maximum absolute atomic E-state index is 4.95. The van der Waals surface area contributed by atoms with Gasteiger partial charge < -0.3 is 0 Å². The molecule has 3 heterocycles. The fourth-order valence-electron chi connectivity index (χ4n) is 4.85. The molecule has 0 atom stereocenters. The molecular formula is C36H25N7. The molecule has 4 aromatic carbocycles. The Bertz CT molecular complexity index is 1910. The van der Waals surface area contributed by atoms with Gasteiger partial charge in [-0.1, -0.05) is 90.5 Å². The van der Waals surface area contributed by atoms with E-state index in [1.807, 2.05) is 48.5 Å². The van der Waals surface area contributed by atoms with Gasteiger partial charge in [0.1, 0.15) is 0 Å². The van der Waals surface area contributed by atoms with E-state index < -0.39 is 0 Å². The van der Waals surface area contributed by atoms with Crippen LogP contribution in [0.4, 0.5) is 0 Å². The summed E-state index contributed by atoms with van der Waals surface area (Å²) >= 11 is 0. The quantitative estimate of drug-likeness (QED) is 0.207. The van der Waals surface area contributed by atoms with Gasteiger partial charge in [0.25, 0.3) is 0 Å². The first-order valence-electron chi connectivity index (χ1n) is 13.9. The fourth-order valence-corrected chi connectivity index (χ4v) is 4.85. The zero-order valence-corrected chi connectivity index (χ0v) is 23.3. The lowest BCUT2D eigenvalue weighted by Crippen LogP contribution is -2.00. The molecule has 0 unspecified atom stereocenters. The van der Waals surface area contributed by atoms with E-state index in [9.17, 15) is 0 Å². The van der Waals surface area contributed by atoms with E-state index in [0.717, 1.165) is 50.3 Å². The summed E-state index contributed by atoms with van der Waals surface area (Å²) in [6, 6.07) is 32.9. The molecule has 0 N–H and O–H groups in total. The van der Waals surface area contributed by atoms with Crippen molar-refractivity contribution >= 4 is 0 Å². The minimum Gasteiger partial charge on any atom is -0.261 e. The van der Waals surface area contributed by atoms with E-state index >= 15 is 0 Å². The zero-order valence-electron chi connectivity index (χ0n) is 23.3. The summed E-state index contributed by atoms with van der Waals surface area (Å²) in [5.41, 5.74) is 9.56. The molecule has 43 heavy (non-hydrogen) atoms. The third-order valence-corrected chi connectivity index (χ3v) is 7.12. The molecule has 0 fully saturated rings. The molecule has 7 aromatic rings. The van der Waals surface area contributed by atoms with Gasteiger partial charge in [-0.05, 0) is 30.2 Å². The molecule has 3 aromatic heterocycles. The monoisotopic (exact) mass is 555 g/mol. The molecule has 0 spiro atoms. The SMILES string of the molecule is Cc1ccc(-c2ccc(-c3nc(-c4cccc(-c5cnccn5)c4)nc(-c4cccc(-c5cnccn5)c4)n3)cc2)cc1. The molecule has 0 saturated carbocycles. The molecule has 0 aliphatic carbocycles. The van der Waals surface area contributed by atoms with Crippen LogP contribution < -0.4 is 0 Å². The minimum atomic E-state index is 0.568. The van der Waals surface area contributed by atoms with Gasteiger partial charge in [-0.2, -0.15) is 0 Å². The summed E-state index contributed by atoms with van der Waals surface area (Å²) in [5.74, 6) is 1.72. The van der Waals surface area contributed by atoms with Crippen LogP contribution in [-0.4, -0.2) is 34.9 Å². The van der Waals surface area contributed by atoms with Crippen molar-refractivity contribution in [2.24, 2.45) is 0 Å². The van der Waals surface area contributed by atoms with E-state index in [0.29, 0.717) is 17.5 Å². The molecule has 0 amide bonds. The largest absolute Gasteiger partial charge is 0.261 e. The third kappa shape index (κ3) is 5.64. The Balaban J connectivity index is 1.34. The van der Waals surface area contributed by atoms with Crippen molar-refractivity contribution in [2.75, 3.05) is 0 Å². The standard InChI is InChI=1S/C36H25N7/c1-24-8-10-25(11-9-24)26-12-14-27(15-13-26)34-41-35(30-6-2-4-28(20-30)32-22-37-16-18-39-32)43-36(42-34)31-7-3-5-29(21-31)33-23-38-17-19-40-33/h2-23H,1H3. The topological polar surface area (TPSA) is 90.2 Å². The highest BCUT2D eigenvalue weighted by Crippen LogP contribution is 2.30. The van der Waals surface area contributed by atoms with Crippen molar-refractivity contribution in [3.8, 4) is 67.8 Å². The molecule has 0 radical (unpaired) electrons.